The number of hydrogen-bond donors (Lipinski definition) is 0. The molecule has 0 bridgehead atoms. The van der Waals surface area contributed by atoms with Gasteiger partial charge >= 0.3 is 0 Å². The van der Waals surface area contributed by atoms with Crippen molar-refractivity contribution >= 4 is 11.8 Å². The van der Waals surface area contributed by atoms with Crippen LogP contribution in [0.25, 0.3) is 22.8 Å². The zero-order valence-electron chi connectivity index (χ0n) is 15.4. The molecule has 0 amide bonds. The second-order valence-electron chi connectivity index (χ2n) is 6.41. The van der Waals surface area contributed by atoms with E-state index in [1.807, 2.05) is 42.8 Å². The number of hydrogen-bond acceptors (Lipinski definition) is 6. The van der Waals surface area contributed by atoms with E-state index in [0.717, 1.165) is 27.7 Å². The van der Waals surface area contributed by atoms with E-state index < -0.39 is 0 Å². The molecule has 0 radical (unpaired) electrons. The molecule has 0 aliphatic rings. The Labute approximate surface area is 161 Å². The highest BCUT2D eigenvalue weighted by Gasteiger charge is 2.14. The molecular formula is C20H19N5OS. The van der Waals surface area contributed by atoms with Gasteiger partial charge < -0.3 is 9.09 Å². The van der Waals surface area contributed by atoms with Crippen molar-refractivity contribution in [3.63, 3.8) is 0 Å². The molecule has 0 spiro atoms. The second kappa shape index (κ2) is 7.36. The SMILES string of the molecule is Cc1ccc(-c2nnc(SCc3noc(-c4cccc(C)c4)n3)n2C)cc1. The van der Waals surface area contributed by atoms with Crippen molar-refractivity contribution in [3.05, 3.63) is 65.5 Å². The third-order valence-electron chi connectivity index (χ3n) is 4.21. The number of rotatable bonds is 5. The molecule has 0 aliphatic carbocycles. The van der Waals surface area contributed by atoms with Crippen molar-refractivity contribution in [2.45, 2.75) is 24.8 Å². The van der Waals surface area contributed by atoms with Gasteiger partial charge in [-0.15, -0.1) is 10.2 Å². The second-order valence-corrected chi connectivity index (χ2v) is 7.35. The Hall–Kier alpha value is -2.93. The molecule has 0 unspecified atom stereocenters. The van der Waals surface area contributed by atoms with Crippen molar-refractivity contribution in [2.75, 3.05) is 0 Å². The van der Waals surface area contributed by atoms with Crippen LogP contribution in [0.5, 0.6) is 0 Å². The summed E-state index contributed by atoms with van der Waals surface area (Å²) in [7, 11) is 1.96. The first-order chi connectivity index (χ1) is 13.1. The van der Waals surface area contributed by atoms with Crippen LogP contribution in [0.3, 0.4) is 0 Å². The summed E-state index contributed by atoms with van der Waals surface area (Å²) in [6.45, 7) is 4.11. The lowest BCUT2D eigenvalue weighted by Crippen LogP contribution is -1.95. The third kappa shape index (κ3) is 3.78. The molecule has 136 valence electrons. The van der Waals surface area contributed by atoms with Gasteiger partial charge in [0.1, 0.15) is 0 Å². The fourth-order valence-electron chi connectivity index (χ4n) is 2.73. The highest BCUT2D eigenvalue weighted by molar-refractivity contribution is 7.98. The zero-order chi connectivity index (χ0) is 18.8. The topological polar surface area (TPSA) is 69.6 Å². The van der Waals surface area contributed by atoms with Crippen LogP contribution in [0.2, 0.25) is 0 Å². The van der Waals surface area contributed by atoms with E-state index in [0.29, 0.717) is 17.5 Å². The van der Waals surface area contributed by atoms with Gasteiger partial charge in [0.15, 0.2) is 16.8 Å². The predicted octanol–water partition coefficient (Wildman–Crippen LogP) is 4.44. The van der Waals surface area contributed by atoms with E-state index in [-0.39, 0.29) is 0 Å². The molecular weight excluding hydrogens is 358 g/mol. The standard InChI is InChI=1S/C20H19N5OS/c1-13-7-9-15(10-8-13)18-22-23-20(25(18)3)27-12-17-21-19(26-24-17)16-6-4-5-14(2)11-16/h4-11H,12H2,1-3H3. The maximum Gasteiger partial charge on any atom is 0.257 e. The van der Waals surface area contributed by atoms with Crippen molar-refractivity contribution in [3.8, 4) is 22.8 Å². The summed E-state index contributed by atoms with van der Waals surface area (Å²) in [4.78, 5) is 4.48. The van der Waals surface area contributed by atoms with Crippen LogP contribution in [0.15, 0.2) is 58.2 Å². The summed E-state index contributed by atoms with van der Waals surface area (Å²) in [6, 6.07) is 16.3. The van der Waals surface area contributed by atoms with Crippen LogP contribution < -0.4 is 0 Å². The first-order valence-corrected chi connectivity index (χ1v) is 9.57. The van der Waals surface area contributed by atoms with Crippen LogP contribution in [-0.4, -0.2) is 24.9 Å². The number of aromatic nitrogens is 5. The van der Waals surface area contributed by atoms with E-state index in [1.54, 1.807) is 0 Å². The summed E-state index contributed by atoms with van der Waals surface area (Å²) in [5.74, 6) is 2.57. The van der Waals surface area contributed by atoms with Crippen molar-refractivity contribution < 1.29 is 4.52 Å². The van der Waals surface area contributed by atoms with Gasteiger partial charge in [0.05, 0.1) is 5.75 Å². The molecule has 4 rings (SSSR count). The molecule has 0 saturated carbocycles. The highest BCUT2D eigenvalue weighted by Crippen LogP contribution is 2.26. The van der Waals surface area contributed by atoms with Gasteiger partial charge in [-0.3, -0.25) is 0 Å². The summed E-state index contributed by atoms with van der Waals surface area (Å²) < 4.78 is 7.38. The predicted molar refractivity (Wildman–Crippen MR) is 105 cm³/mol. The minimum absolute atomic E-state index is 0.535. The Kier molecular flexibility index (Phi) is 4.77. The smallest absolute Gasteiger partial charge is 0.257 e. The minimum atomic E-state index is 0.535. The molecule has 0 aliphatic heterocycles. The lowest BCUT2D eigenvalue weighted by atomic mass is 10.1. The summed E-state index contributed by atoms with van der Waals surface area (Å²) in [5, 5.41) is 13.5. The molecule has 0 atom stereocenters. The molecule has 4 aromatic rings. The van der Waals surface area contributed by atoms with Crippen LogP contribution >= 0.6 is 11.8 Å². The lowest BCUT2D eigenvalue weighted by molar-refractivity contribution is 0.425. The summed E-state index contributed by atoms with van der Waals surface area (Å²) >= 11 is 1.53. The van der Waals surface area contributed by atoms with Gasteiger partial charge in [0.2, 0.25) is 0 Å². The normalized spacial score (nSPS) is 11.1. The van der Waals surface area contributed by atoms with E-state index in [1.165, 1.54) is 17.3 Å². The van der Waals surface area contributed by atoms with Gasteiger partial charge in [-0.25, -0.2) is 0 Å². The number of benzene rings is 2. The van der Waals surface area contributed by atoms with E-state index >= 15 is 0 Å². The largest absolute Gasteiger partial charge is 0.334 e. The minimum Gasteiger partial charge on any atom is -0.334 e. The molecule has 2 aromatic heterocycles. The van der Waals surface area contributed by atoms with Gasteiger partial charge in [-0.05, 0) is 26.0 Å². The average Bonchev–Trinajstić information content (AvgIpc) is 3.28. The number of aryl methyl sites for hydroxylation is 2. The monoisotopic (exact) mass is 377 g/mol. The van der Waals surface area contributed by atoms with Gasteiger partial charge in [0, 0.05) is 18.2 Å². The average molecular weight is 377 g/mol. The molecule has 6 nitrogen and oxygen atoms in total. The molecule has 0 saturated heterocycles. The first kappa shape index (κ1) is 17.5. The third-order valence-corrected chi connectivity index (χ3v) is 5.22. The molecule has 0 fully saturated rings. The maximum atomic E-state index is 5.39. The fourth-order valence-corrected chi connectivity index (χ4v) is 3.49. The Bertz CT molecular complexity index is 1070. The zero-order valence-corrected chi connectivity index (χ0v) is 16.2. The Morgan fingerprint density at radius 3 is 2.56 bits per heavy atom. The van der Waals surface area contributed by atoms with E-state index in [9.17, 15) is 0 Å². The lowest BCUT2D eigenvalue weighted by Gasteiger charge is -2.03. The van der Waals surface area contributed by atoms with E-state index in [2.05, 4.69) is 51.5 Å². The van der Waals surface area contributed by atoms with Crippen LogP contribution in [0, 0.1) is 13.8 Å². The summed E-state index contributed by atoms with van der Waals surface area (Å²) in [6.07, 6.45) is 0. The number of nitrogens with zero attached hydrogens (tertiary/aromatic N) is 5. The van der Waals surface area contributed by atoms with Gasteiger partial charge in [-0.2, -0.15) is 4.98 Å². The van der Waals surface area contributed by atoms with Crippen LogP contribution in [0.1, 0.15) is 17.0 Å². The van der Waals surface area contributed by atoms with Gasteiger partial charge in [0.25, 0.3) is 5.89 Å². The molecule has 0 N–H and O–H groups in total. The van der Waals surface area contributed by atoms with Crippen molar-refractivity contribution in [1.29, 1.82) is 0 Å². The Morgan fingerprint density at radius 1 is 0.963 bits per heavy atom. The molecule has 2 aromatic carbocycles. The van der Waals surface area contributed by atoms with Gasteiger partial charge in [-0.1, -0.05) is 64.4 Å². The number of thioether (sulfide) groups is 1. The molecule has 27 heavy (non-hydrogen) atoms. The highest BCUT2D eigenvalue weighted by atomic mass is 32.2. The van der Waals surface area contributed by atoms with E-state index in [4.69, 9.17) is 4.52 Å². The van der Waals surface area contributed by atoms with Crippen LogP contribution in [-0.2, 0) is 12.8 Å². The molecule has 7 heteroatoms. The first-order valence-electron chi connectivity index (χ1n) is 8.59. The Morgan fingerprint density at radius 2 is 1.78 bits per heavy atom. The quantitative estimate of drug-likeness (QED) is 0.479. The van der Waals surface area contributed by atoms with Crippen molar-refractivity contribution in [1.82, 2.24) is 24.9 Å². The Balaban J connectivity index is 1.47. The fraction of sp³-hybridized carbons (Fsp3) is 0.200. The maximum absolute atomic E-state index is 5.39. The van der Waals surface area contributed by atoms with Crippen molar-refractivity contribution in [2.24, 2.45) is 7.05 Å². The van der Waals surface area contributed by atoms with Crippen LogP contribution in [0.4, 0.5) is 0 Å². The summed E-state index contributed by atoms with van der Waals surface area (Å²) in [5.41, 5.74) is 4.35. The molecule has 2 heterocycles.